The number of hydrogen-bond acceptors (Lipinski definition) is 10. The maximum Gasteiger partial charge on any atom is 0.307 e. The molecule has 1 amide bonds. The summed E-state index contributed by atoms with van der Waals surface area (Å²) in [4.78, 5) is 48.1. The monoisotopic (exact) mass is 555 g/mol. The van der Waals surface area contributed by atoms with E-state index in [4.69, 9.17) is 20.2 Å². The number of likely N-dealkylation sites (N-methyl/N-ethyl adjacent to an activating group) is 1. The maximum atomic E-state index is 12.6. The van der Waals surface area contributed by atoms with Gasteiger partial charge in [-0.1, -0.05) is 13.0 Å². The molecule has 0 aliphatic carbocycles. The molecule has 3 aliphatic rings. The Morgan fingerprint density at radius 2 is 2.08 bits per heavy atom. The number of primary amides is 1. The van der Waals surface area contributed by atoms with Gasteiger partial charge in [0.1, 0.15) is 18.5 Å². The highest BCUT2D eigenvalue weighted by Crippen LogP contribution is 2.37. The van der Waals surface area contributed by atoms with E-state index in [1.54, 1.807) is 24.5 Å². The fourth-order valence-corrected chi connectivity index (χ4v) is 6.91. The summed E-state index contributed by atoms with van der Waals surface area (Å²) in [6.45, 7) is 6.91. The summed E-state index contributed by atoms with van der Waals surface area (Å²) >= 11 is 1.62. The Morgan fingerprint density at radius 1 is 1.31 bits per heavy atom. The molecule has 2 aromatic rings. The fraction of sp³-hybridized carbons (Fsp3) is 0.571. The van der Waals surface area contributed by atoms with E-state index in [-0.39, 0.29) is 36.1 Å². The van der Waals surface area contributed by atoms with E-state index in [0.29, 0.717) is 31.5 Å². The van der Waals surface area contributed by atoms with Crippen LogP contribution in [0.15, 0.2) is 23.6 Å². The summed E-state index contributed by atoms with van der Waals surface area (Å²) in [5, 5.41) is 3.04. The van der Waals surface area contributed by atoms with Crippen LogP contribution >= 0.6 is 11.3 Å². The number of thiazole rings is 1. The van der Waals surface area contributed by atoms with Crippen molar-refractivity contribution in [1.29, 1.82) is 0 Å². The van der Waals surface area contributed by atoms with Crippen molar-refractivity contribution in [2.24, 2.45) is 11.7 Å². The van der Waals surface area contributed by atoms with Crippen molar-refractivity contribution in [3.05, 3.63) is 34.7 Å². The van der Waals surface area contributed by atoms with E-state index in [2.05, 4.69) is 27.1 Å². The topological polar surface area (TPSA) is 118 Å². The van der Waals surface area contributed by atoms with E-state index in [9.17, 15) is 14.4 Å². The third-order valence-electron chi connectivity index (χ3n) is 8.24. The molecule has 3 aliphatic heterocycles. The summed E-state index contributed by atoms with van der Waals surface area (Å²) in [5.41, 5.74) is 8.83. The number of benzene rings is 1. The number of aromatic nitrogens is 1. The number of aldehydes is 1. The van der Waals surface area contributed by atoms with E-state index in [1.807, 2.05) is 19.1 Å². The molecule has 1 unspecified atom stereocenters. The molecule has 0 radical (unpaired) electrons. The molecule has 0 saturated carbocycles. The summed E-state index contributed by atoms with van der Waals surface area (Å²) in [5.74, 6) is -1.13. The van der Waals surface area contributed by atoms with E-state index in [1.165, 1.54) is 0 Å². The number of anilines is 1. The smallest absolute Gasteiger partial charge is 0.307 e. The normalized spacial score (nSPS) is 25.4. The number of esters is 1. The molecule has 39 heavy (non-hydrogen) atoms. The van der Waals surface area contributed by atoms with Gasteiger partial charge in [-0.05, 0) is 37.1 Å². The highest BCUT2D eigenvalue weighted by Gasteiger charge is 2.50. The molecule has 210 valence electrons. The van der Waals surface area contributed by atoms with Gasteiger partial charge in [-0.2, -0.15) is 0 Å². The van der Waals surface area contributed by atoms with E-state index >= 15 is 0 Å². The van der Waals surface area contributed by atoms with Crippen LogP contribution in [0, 0.1) is 5.92 Å². The SMILES string of the molecule is CO[C@@H]1CN(C[C@@H](CC(C)C=O)c2cc(-c3csc(N4CCN(C)CC4)n3)ccc2C(N)=O)[C@H]2CC(=O)O[C@H]12. The van der Waals surface area contributed by atoms with Crippen LogP contribution in [0.5, 0.6) is 0 Å². The molecule has 0 spiro atoms. The average molecular weight is 556 g/mol. The largest absolute Gasteiger partial charge is 0.458 e. The lowest BCUT2D eigenvalue weighted by molar-refractivity contribution is -0.145. The van der Waals surface area contributed by atoms with Crippen LogP contribution in [-0.2, 0) is 19.1 Å². The third-order valence-corrected chi connectivity index (χ3v) is 9.14. The Bertz CT molecular complexity index is 1210. The van der Waals surface area contributed by atoms with Crippen LogP contribution in [0.1, 0.15) is 41.6 Å². The number of piperazine rings is 1. The van der Waals surface area contributed by atoms with Gasteiger partial charge in [0.05, 0.1) is 18.2 Å². The second kappa shape index (κ2) is 11.7. The lowest BCUT2D eigenvalue weighted by Crippen LogP contribution is -2.44. The zero-order valence-electron chi connectivity index (χ0n) is 22.7. The van der Waals surface area contributed by atoms with Crippen molar-refractivity contribution in [2.75, 3.05) is 58.3 Å². The molecule has 1 aromatic carbocycles. The van der Waals surface area contributed by atoms with Gasteiger partial charge in [-0.25, -0.2) is 4.98 Å². The summed E-state index contributed by atoms with van der Waals surface area (Å²) in [6.07, 6.45) is 1.26. The van der Waals surface area contributed by atoms with Crippen molar-refractivity contribution in [3.63, 3.8) is 0 Å². The summed E-state index contributed by atoms with van der Waals surface area (Å²) in [6, 6.07) is 5.57. The van der Waals surface area contributed by atoms with Crippen LogP contribution in [-0.4, -0.2) is 105 Å². The number of nitrogens with two attached hydrogens (primary N) is 1. The van der Waals surface area contributed by atoms with Crippen LogP contribution in [0.4, 0.5) is 5.13 Å². The second-order valence-corrected chi connectivity index (χ2v) is 11.8. The summed E-state index contributed by atoms with van der Waals surface area (Å²) in [7, 11) is 3.76. The van der Waals surface area contributed by atoms with Crippen molar-refractivity contribution in [2.45, 2.75) is 43.9 Å². The number of amides is 1. The van der Waals surface area contributed by atoms with E-state index < -0.39 is 5.91 Å². The first-order valence-corrected chi connectivity index (χ1v) is 14.4. The average Bonchev–Trinajstić information content (AvgIpc) is 3.64. The molecule has 11 heteroatoms. The molecule has 4 heterocycles. The molecular formula is C28H37N5O5S. The van der Waals surface area contributed by atoms with Gasteiger partial charge in [0.15, 0.2) is 5.13 Å². The van der Waals surface area contributed by atoms with Gasteiger partial charge < -0.3 is 29.8 Å². The Labute approximate surface area is 233 Å². The molecule has 10 nitrogen and oxygen atoms in total. The highest BCUT2D eigenvalue weighted by molar-refractivity contribution is 7.14. The number of likely N-dealkylation sites (tertiary alicyclic amines) is 1. The molecule has 2 N–H and O–H groups in total. The Kier molecular flexibility index (Phi) is 8.32. The maximum absolute atomic E-state index is 12.6. The van der Waals surface area contributed by atoms with E-state index in [0.717, 1.165) is 54.4 Å². The zero-order valence-corrected chi connectivity index (χ0v) is 23.6. The third kappa shape index (κ3) is 5.86. The Balaban J connectivity index is 1.46. The number of ether oxygens (including phenoxy) is 2. The van der Waals surface area contributed by atoms with Gasteiger partial charge in [0.2, 0.25) is 5.91 Å². The quantitative estimate of drug-likeness (QED) is 0.347. The fourth-order valence-electron chi connectivity index (χ4n) is 6.03. The second-order valence-electron chi connectivity index (χ2n) is 11.0. The number of methoxy groups -OCH3 is 1. The van der Waals surface area contributed by atoms with Gasteiger partial charge in [-0.15, -0.1) is 11.3 Å². The zero-order chi connectivity index (χ0) is 27.7. The minimum absolute atomic E-state index is 0.0959. The number of rotatable bonds is 10. The first kappa shape index (κ1) is 27.7. The number of carbonyl (C=O) groups excluding carboxylic acids is 3. The lowest BCUT2D eigenvalue weighted by atomic mass is 9.85. The number of fused-ring (bicyclic) bond motifs is 1. The summed E-state index contributed by atoms with van der Waals surface area (Å²) < 4.78 is 11.2. The van der Waals surface area contributed by atoms with Crippen molar-refractivity contribution in [1.82, 2.24) is 14.8 Å². The molecule has 5 atom stereocenters. The molecule has 0 bridgehead atoms. The predicted molar refractivity (Wildman–Crippen MR) is 149 cm³/mol. The van der Waals surface area contributed by atoms with Crippen molar-refractivity contribution in [3.8, 4) is 11.3 Å². The van der Waals surface area contributed by atoms with Crippen LogP contribution < -0.4 is 10.6 Å². The number of nitrogens with zero attached hydrogens (tertiary/aromatic N) is 4. The first-order valence-electron chi connectivity index (χ1n) is 13.5. The van der Waals surface area contributed by atoms with Crippen molar-refractivity contribution >= 4 is 34.6 Å². The Morgan fingerprint density at radius 3 is 2.77 bits per heavy atom. The lowest BCUT2D eigenvalue weighted by Gasteiger charge is -2.32. The minimum Gasteiger partial charge on any atom is -0.458 e. The molecule has 3 saturated heterocycles. The van der Waals surface area contributed by atoms with Crippen molar-refractivity contribution < 1.29 is 23.9 Å². The molecule has 5 rings (SSSR count). The van der Waals surface area contributed by atoms with Gasteiger partial charge in [0.25, 0.3) is 0 Å². The Hall–Kier alpha value is -2.86. The van der Waals surface area contributed by atoms with Crippen LogP contribution in [0.2, 0.25) is 0 Å². The van der Waals surface area contributed by atoms with Crippen LogP contribution in [0.25, 0.3) is 11.3 Å². The first-order chi connectivity index (χ1) is 18.8. The number of hydrogen-bond donors (Lipinski definition) is 1. The molecule has 3 fully saturated rings. The highest BCUT2D eigenvalue weighted by atomic mass is 32.1. The van der Waals surface area contributed by atoms with Crippen LogP contribution in [0.3, 0.4) is 0 Å². The van der Waals surface area contributed by atoms with Gasteiger partial charge in [0, 0.05) is 68.8 Å². The van der Waals surface area contributed by atoms with Gasteiger partial charge in [-0.3, -0.25) is 14.5 Å². The number of carbonyl (C=O) groups is 3. The molecule has 1 aromatic heterocycles. The predicted octanol–water partition coefficient (Wildman–Crippen LogP) is 1.98. The minimum atomic E-state index is -0.509. The van der Waals surface area contributed by atoms with Gasteiger partial charge >= 0.3 is 5.97 Å². The standard InChI is InChI=1S/C28H37N5O5S/c1-17(15-34)10-19(13-33-14-24(37-3)26-23(33)12-25(35)38-26)21-11-18(4-5-20(21)27(29)36)22-16-39-28(30-22)32-8-6-31(2)7-9-32/h4-5,11,15-17,19,23-24,26H,6-10,12-14H2,1-3H3,(H2,29,36)/t17?,19-,23+,24-,26+/m1/s1. The molecular weight excluding hydrogens is 518 g/mol.